The topological polar surface area (TPSA) is 77.6 Å². The SMILES string of the molecule is Cc1cc(C)n(-c2ccc(CNC(=O)c3cnn(-c4ccccn4)c3C(C)C)c(C(F)(F)F)c2)n1. The molecule has 1 amide bonds. The number of hydrogen-bond acceptors (Lipinski definition) is 4. The first-order chi connectivity index (χ1) is 16.6. The van der Waals surface area contributed by atoms with E-state index in [4.69, 9.17) is 0 Å². The van der Waals surface area contributed by atoms with Gasteiger partial charge in [-0.2, -0.15) is 23.4 Å². The summed E-state index contributed by atoms with van der Waals surface area (Å²) in [6.45, 7) is 7.08. The standard InChI is InChI=1S/C25H25F3N6O/c1-15(2)23-20(14-31-34(23)22-7-5-6-10-29-22)24(35)30-13-18-8-9-19(12-21(18)25(26,27)28)33-17(4)11-16(3)32-33/h5-12,14-15H,13H2,1-4H3,(H,30,35). The van der Waals surface area contributed by atoms with Gasteiger partial charge in [0.2, 0.25) is 0 Å². The molecule has 0 saturated heterocycles. The normalized spacial score (nSPS) is 11.8. The van der Waals surface area contributed by atoms with Crippen LogP contribution in [0.1, 0.15) is 58.3 Å². The van der Waals surface area contributed by atoms with Gasteiger partial charge in [-0.15, -0.1) is 0 Å². The largest absolute Gasteiger partial charge is 0.416 e. The van der Waals surface area contributed by atoms with Gasteiger partial charge in [-0.25, -0.2) is 14.3 Å². The summed E-state index contributed by atoms with van der Waals surface area (Å²) in [5, 5.41) is 11.2. The second-order valence-corrected chi connectivity index (χ2v) is 8.56. The lowest BCUT2D eigenvalue weighted by atomic mass is 10.0. The van der Waals surface area contributed by atoms with Crippen LogP contribution >= 0.6 is 0 Å². The smallest absolute Gasteiger partial charge is 0.348 e. The Morgan fingerprint density at radius 3 is 2.46 bits per heavy atom. The lowest BCUT2D eigenvalue weighted by molar-refractivity contribution is -0.138. The average molecular weight is 483 g/mol. The molecule has 3 aromatic heterocycles. The average Bonchev–Trinajstić information content (AvgIpc) is 3.40. The van der Waals surface area contributed by atoms with Gasteiger partial charge in [0, 0.05) is 18.4 Å². The fourth-order valence-electron chi connectivity index (χ4n) is 4.03. The van der Waals surface area contributed by atoms with E-state index in [9.17, 15) is 18.0 Å². The molecule has 0 aliphatic rings. The molecule has 0 aliphatic heterocycles. The first-order valence-electron chi connectivity index (χ1n) is 11.1. The summed E-state index contributed by atoms with van der Waals surface area (Å²) < 4.78 is 44.7. The Kier molecular flexibility index (Phi) is 6.47. The van der Waals surface area contributed by atoms with Crippen molar-refractivity contribution in [3.8, 4) is 11.5 Å². The molecule has 182 valence electrons. The fraction of sp³-hybridized carbons (Fsp3) is 0.280. The molecule has 0 atom stereocenters. The number of alkyl halides is 3. The molecule has 1 aromatic carbocycles. The summed E-state index contributed by atoms with van der Waals surface area (Å²) in [7, 11) is 0. The third kappa shape index (κ3) is 4.96. The monoisotopic (exact) mass is 482 g/mol. The number of benzene rings is 1. The van der Waals surface area contributed by atoms with E-state index in [1.165, 1.54) is 16.9 Å². The molecule has 4 aromatic rings. The molecule has 4 rings (SSSR count). The highest BCUT2D eigenvalue weighted by Gasteiger charge is 2.34. The van der Waals surface area contributed by atoms with Gasteiger partial charge < -0.3 is 5.32 Å². The van der Waals surface area contributed by atoms with Crippen LogP contribution in [0, 0.1) is 13.8 Å². The number of carbonyl (C=O) groups is 1. The first-order valence-corrected chi connectivity index (χ1v) is 11.1. The van der Waals surface area contributed by atoms with E-state index in [0.29, 0.717) is 28.5 Å². The van der Waals surface area contributed by atoms with E-state index in [1.54, 1.807) is 49.0 Å². The molecular formula is C25H25F3N6O. The number of halogens is 3. The van der Waals surface area contributed by atoms with Crippen molar-refractivity contribution in [2.75, 3.05) is 0 Å². The minimum absolute atomic E-state index is 0.0423. The summed E-state index contributed by atoms with van der Waals surface area (Å²) >= 11 is 0. The summed E-state index contributed by atoms with van der Waals surface area (Å²) in [5.74, 6) is -0.0352. The zero-order valence-electron chi connectivity index (χ0n) is 19.8. The number of pyridine rings is 1. The van der Waals surface area contributed by atoms with Crippen molar-refractivity contribution in [2.45, 2.75) is 46.3 Å². The van der Waals surface area contributed by atoms with Gasteiger partial charge in [0.05, 0.1) is 34.4 Å². The fourth-order valence-corrected chi connectivity index (χ4v) is 4.03. The van der Waals surface area contributed by atoms with E-state index < -0.39 is 17.6 Å². The molecule has 7 nitrogen and oxygen atoms in total. The van der Waals surface area contributed by atoms with Crippen LogP contribution < -0.4 is 5.32 Å². The van der Waals surface area contributed by atoms with Crippen molar-refractivity contribution in [3.05, 3.63) is 88.6 Å². The molecular weight excluding hydrogens is 457 g/mol. The van der Waals surface area contributed by atoms with Crippen molar-refractivity contribution in [2.24, 2.45) is 0 Å². The Morgan fingerprint density at radius 2 is 1.86 bits per heavy atom. The van der Waals surface area contributed by atoms with Crippen LogP contribution in [-0.2, 0) is 12.7 Å². The lowest BCUT2D eigenvalue weighted by Gasteiger charge is -2.16. The molecule has 0 fully saturated rings. The van der Waals surface area contributed by atoms with Crippen molar-refractivity contribution < 1.29 is 18.0 Å². The van der Waals surface area contributed by atoms with Crippen LogP contribution in [0.3, 0.4) is 0 Å². The van der Waals surface area contributed by atoms with E-state index in [2.05, 4.69) is 20.5 Å². The van der Waals surface area contributed by atoms with Gasteiger partial charge in [0.1, 0.15) is 0 Å². The van der Waals surface area contributed by atoms with Crippen molar-refractivity contribution >= 4 is 5.91 Å². The van der Waals surface area contributed by atoms with Crippen LogP contribution in [0.2, 0.25) is 0 Å². The third-order valence-electron chi connectivity index (χ3n) is 5.56. The predicted octanol–water partition coefficient (Wildman–Crippen LogP) is 5.14. The minimum atomic E-state index is -4.60. The van der Waals surface area contributed by atoms with E-state index in [1.807, 2.05) is 19.9 Å². The highest BCUT2D eigenvalue weighted by Crippen LogP contribution is 2.34. The Balaban J connectivity index is 1.62. The van der Waals surface area contributed by atoms with Gasteiger partial charge in [0.25, 0.3) is 5.91 Å². The number of hydrogen-bond donors (Lipinski definition) is 1. The number of rotatable bonds is 6. The van der Waals surface area contributed by atoms with E-state index in [0.717, 1.165) is 11.8 Å². The Bertz CT molecular complexity index is 1360. The number of aryl methyl sites for hydroxylation is 2. The number of amides is 1. The van der Waals surface area contributed by atoms with Crippen LogP contribution in [0.5, 0.6) is 0 Å². The number of nitrogens with one attached hydrogen (secondary N) is 1. The van der Waals surface area contributed by atoms with Crippen LogP contribution in [0.4, 0.5) is 13.2 Å². The van der Waals surface area contributed by atoms with Crippen LogP contribution in [0.15, 0.2) is 54.9 Å². The summed E-state index contributed by atoms with van der Waals surface area (Å²) in [6, 6.07) is 11.1. The minimum Gasteiger partial charge on any atom is -0.348 e. The summed E-state index contributed by atoms with van der Waals surface area (Å²) in [4.78, 5) is 17.3. The van der Waals surface area contributed by atoms with Gasteiger partial charge in [-0.3, -0.25) is 4.79 Å². The van der Waals surface area contributed by atoms with Crippen LogP contribution in [0.25, 0.3) is 11.5 Å². The molecule has 3 heterocycles. The molecule has 0 radical (unpaired) electrons. The van der Waals surface area contributed by atoms with Crippen molar-refractivity contribution in [3.63, 3.8) is 0 Å². The molecule has 10 heteroatoms. The maximum absolute atomic E-state index is 13.9. The van der Waals surface area contributed by atoms with Crippen molar-refractivity contribution in [1.82, 2.24) is 29.9 Å². The van der Waals surface area contributed by atoms with Gasteiger partial charge in [-0.1, -0.05) is 26.0 Å². The van der Waals surface area contributed by atoms with Gasteiger partial charge in [-0.05, 0) is 55.7 Å². The first kappa shape index (κ1) is 24.2. The molecule has 0 spiro atoms. The highest BCUT2D eigenvalue weighted by molar-refractivity contribution is 5.95. The predicted molar refractivity (Wildman–Crippen MR) is 125 cm³/mol. The molecule has 35 heavy (non-hydrogen) atoms. The zero-order chi connectivity index (χ0) is 25.3. The zero-order valence-corrected chi connectivity index (χ0v) is 19.8. The second kappa shape index (κ2) is 9.36. The summed E-state index contributed by atoms with van der Waals surface area (Å²) in [6.07, 6.45) is -1.57. The maximum Gasteiger partial charge on any atom is 0.416 e. The number of nitrogens with zero attached hydrogens (tertiary/aromatic N) is 5. The van der Waals surface area contributed by atoms with Crippen LogP contribution in [-0.4, -0.2) is 30.5 Å². The third-order valence-corrected chi connectivity index (χ3v) is 5.56. The highest BCUT2D eigenvalue weighted by atomic mass is 19.4. The molecule has 0 saturated carbocycles. The lowest BCUT2D eigenvalue weighted by Crippen LogP contribution is -2.26. The maximum atomic E-state index is 13.9. The van der Waals surface area contributed by atoms with E-state index >= 15 is 0 Å². The molecule has 0 unspecified atom stereocenters. The van der Waals surface area contributed by atoms with Crippen molar-refractivity contribution in [1.29, 1.82) is 0 Å². The number of aromatic nitrogens is 5. The Morgan fingerprint density at radius 1 is 1.09 bits per heavy atom. The van der Waals surface area contributed by atoms with E-state index in [-0.39, 0.29) is 18.0 Å². The quantitative estimate of drug-likeness (QED) is 0.413. The summed E-state index contributed by atoms with van der Waals surface area (Å²) in [5.41, 5.74) is 1.78. The molecule has 0 aliphatic carbocycles. The van der Waals surface area contributed by atoms with Gasteiger partial charge >= 0.3 is 6.18 Å². The van der Waals surface area contributed by atoms with Gasteiger partial charge in [0.15, 0.2) is 5.82 Å². The Labute approximate surface area is 200 Å². The Hall–Kier alpha value is -3.95. The molecule has 1 N–H and O–H groups in total. The number of carbonyl (C=O) groups excluding carboxylic acids is 1. The molecule has 0 bridgehead atoms. The second-order valence-electron chi connectivity index (χ2n) is 8.56.